The first-order chi connectivity index (χ1) is 13.6. The fraction of sp³-hybridized carbons (Fsp3) is 0.211. The Kier molecular flexibility index (Phi) is 4.48. The third-order valence-corrected chi connectivity index (χ3v) is 4.60. The molecule has 2 aromatic heterocycles. The van der Waals surface area contributed by atoms with Gasteiger partial charge in [-0.1, -0.05) is 36.3 Å². The average Bonchev–Trinajstić information content (AvgIpc) is 3.43. The highest BCUT2D eigenvalue weighted by molar-refractivity contribution is 6.13. The number of ether oxygens (including phenoxy) is 1. The maximum absolute atomic E-state index is 13.2. The highest BCUT2D eigenvalue weighted by atomic mass is 16.5. The summed E-state index contributed by atoms with van der Waals surface area (Å²) in [6.07, 6.45) is 2.28. The Hall–Kier alpha value is -3.75. The number of tetrazole rings is 1. The number of allylic oxidation sites excluding steroid dienone is 1. The molecule has 1 aliphatic heterocycles. The number of nitrogens with one attached hydrogen (secondary N) is 1. The standard InChI is InChI=1S/C19H17N5O4/c1-3-11-6-8-12(9-7-11)16-14(17(25)13-5-4-10-28-13)15(18(26)27-2)20-19-21-22-23-24(16)19/h4-10,16H,3H2,1-2H3,(H,20,21,23)/t16-/m1/s1. The SMILES string of the molecule is CCc1ccc([C@@H]2C(C(=O)c3ccco3)=C(C(=O)OC)Nc3nnnn32)cc1. The van der Waals surface area contributed by atoms with Gasteiger partial charge in [0.05, 0.1) is 18.9 Å². The molecule has 0 aliphatic carbocycles. The van der Waals surface area contributed by atoms with E-state index in [-0.39, 0.29) is 23.0 Å². The minimum Gasteiger partial charge on any atom is -0.464 e. The van der Waals surface area contributed by atoms with E-state index in [0.717, 1.165) is 17.5 Å². The molecule has 0 spiro atoms. The number of ketones is 1. The molecule has 4 rings (SSSR count). The van der Waals surface area contributed by atoms with E-state index in [2.05, 4.69) is 27.8 Å². The predicted octanol–water partition coefficient (Wildman–Crippen LogP) is 2.15. The number of aromatic nitrogens is 4. The van der Waals surface area contributed by atoms with Crippen LogP contribution < -0.4 is 5.32 Å². The summed E-state index contributed by atoms with van der Waals surface area (Å²) in [5.41, 5.74) is 2.02. The Morgan fingerprint density at radius 2 is 2.04 bits per heavy atom. The summed E-state index contributed by atoms with van der Waals surface area (Å²) >= 11 is 0. The second-order valence-corrected chi connectivity index (χ2v) is 6.16. The summed E-state index contributed by atoms with van der Waals surface area (Å²) in [5.74, 6) is -0.811. The number of rotatable bonds is 5. The number of Topliss-reactive ketones (excluding diaryl/α,β-unsaturated/α-hetero) is 1. The predicted molar refractivity (Wildman–Crippen MR) is 97.5 cm³/mol. The van der Waals surface area contributed by atoms with E-state index in [9.17, 15) is 9.59 Å². The van der Waals surface area contributed by atoms with Crippen LogP contribution in [-0.2, 0) is 16.0 Å². The molecule has 0 saturated heterocycles. The van der Waals surface area contributed by atoms with Gasteiger partial charge in [0.1, 0.15) is 11.7 Å². The molecule has 3 heterocycles. The number of methoxy groups -OCH3 is 1. The number of fused-ring (bicyclic) bond motifs is 1. The summed E-state index contributed by atoms with van der Waals surface area (Å²) in [7, 11) is 1.24. The van der Waals surface area contributed by atoms with Crippen molar-refractivity contribution in [2.45, 2.75) is 19.4 Å². The van der Waals surface area contributed by atoms with Gasteiger partial charge in [0, 0.05) is 0 Å². The van der Waals surface area contributed by atoms with E-state index in [1.165, 1.54) is 24.1 Å². The quantitative estimate of drug-likeness (QED) is 0.530. The van der Waals surface area contributed by atoms with Gasteiger partial charge >= 0.3 is 5.97 Å². The first kappa shape index (κ1) is 17.7. The average molecular weight is 379 g/mol. The van der Waals surface area contributed by atoms with Crippen LogP contribution in [0, 0.1) is 0 Å². The minimum atomic E-state index is -0.719. The van der Waals surface area contributed by atoms with E-state index >= 15 is 0 Å². The van der Waals surface area contributed by atoms with Crippen molar-refractivity contribution in [3.8, 4) is 0 Å². The molecule has 0 saturated carbocycles. The number of aryl methyl sites for hydroxylation is 1. The van der Waals surface area contributed by atoms with E-state index in [4.69, 9.17) is 9.15 Å². The van der Waals surface area contributed by atoms with E-state index in [1.807, 2.05) is 24.3 Å². The van der Waals surface area contributed by atoms with Gasteiger partial charge in [-0.05, 0) is 40.1 Å². The number of nitrogens with zero attached hydrogens (tertiary/aromatic N) is 4. The van der Waals surface area contributed by atoms with Crippen molar-refractivity contribution >= 4 is 17.7 Å². The first-order valence-corrected chi connectivity index (χ1v) is 8.68. The zero-order valence-corrected chi connectivity index (χ0v) is 15.2. The number of carbonyl (C=O) groups excluding carboxylic acids is 2. The zero-order valence-electron chi connectivity index (χ0n) is 15.2. The second kappa shape index (κ2) is 7.10. The Labute approximate surface area is 160 Å². The molecule has 0 unspecified atom stereocenters. The first-order valence-electron chi connectivity index (χ1n) is 8.68. The number of carbonyl (C=O) groups is 2. The van der Waals surface area contributed by atoms with Crippen LogP contribution in [0.3, 0.4) is 0 Å². The number of anilines is 1. The van der Waals surface area contributed by atoms with Crippen LogP contribution in [0.5, 0.6) is 0 Å². The van der Waals surface area contributed by atoms with Crippen LogP contribution in [0.25, 0.3) is 0 Å². The molecule has 9 heteroatoms. The van der Waals surface area contributed by atoms with Crippen LogP contribution in [0.1, 0.15) is 34.6 Å². The van der Waals surface area contributed by atoms with E-state index in [1.54, 1.807) is 6.07 Å². The van der Waals surface area contributed by atoms with Crippen molar-refractivity contribution in [1.29, 1.82) is 0 Å². The Bertz CT molecular complexity index is 1050. The molecule has 0 bridgehead atoms. The number of benzene rings is 1. The highest BCUT2D eigenvalue weighted by Crippen LogP contribution is 2.36. The monoisotopic (exact) mass is 379 g/mol. The molecule has 1 atom stereocenters. The smallest absolute Gasteiger partial charge is 0.355 e. The van der Waals surface area contributed by atoms with Gasteiger partial charge in [0.2, 0.25) is 11.7 Å². The van der Waals surface area contributed by atoms with Crippen molar-refractivity contribution in [3.63, 3.8) is 0 Å². The summed E-state index contributed by atoms with van der Waals surface area (Å²) in [6, 6.07) is 10.1. The molecule has 3 aromatic rings. The van der Waals surface area contributed by atoms with Crippen LogP contribution in [0.4, 0.5) is 5.95 Å². The summed E-state index contributed by atoms with van der Waals surface area (Å²) in [5, 5.41) is 14.4. The Morgan fingerprint density at radius 3 is 2.68 bits per heavy atom. The van der Waals surface area contributed by atoms with Crippen molar-refractivity contribution in [2.24, 2.45) is 0 Å². The van der Waals surface area contributed by atoms with Gasteiger partial charge in [-0.15, -0.1) is 0 Å². The molecule has 1 aliphatic rings. The summed E-state index contributed by atoms with van der Waals surface area (Å²) in [4.78, 5) is 25.7. The molecule has 1 N–H and O–H groups in total. The molecule has 9 nitrogen and oxygen atoms in total. The van der Waals surface area contributed by atoms with Crippen molar-refractivity contribution in [2.75, 3.05) is 12.4 Å². The third kappa shape index (κ3) is 2.86. The number of esters is 1. The van der Waals surface area contributed by atoms with Crippen LogP contribution in [0.2, 0.25) is 0 Å². The van der Waals surface area contributed by atoms with Crippen LogP contribution in [0.15, 0.2) is 58.3 Å². The second-order valence-electron chi connectivity index (χ2n) is 6.16. The maximum Gasteiger partial charge on any atom is 0.355 e. The lowest BCUT2D eigenvalue weighted by Crippen LogP contribution is -2.32. The summed E-state index contributed by atoms with van der Waals surface area (Å²) < 4.78 is 11.6. The lowest BCUT2D eigenvalue weighted by atomic mass is 9.90. The zero-order chi connectivity index (χ0) is 19.7. The molecular weight excluding hydrogens is 362 g/mol. The molecular formula is C19H17N5O4. The lowest BCUT2D eigenvalue weighted by molar-refractivity contribution is -0.136. The minimum absolute atomic E-state index is 0.0178. The Morgan fingerprint density at radius 1 is 1.25 bits per heavy atom. The number of hydrogen-bond acceptors (Lipinski definition) is 8. The van der Waals surface area contributed by atoms with E-state index < -0.39 is 17.8 Å². The molecule has 142 valence electrons. The van der Waals surface area contributed by atoms with E-state index in [0.29, 0.717) is 0 Å². The fourth-order valence-electron chi connectivity index (χ4n) is 3.17. The van der Waals surface area contributed by atoms with Gasteiger partial charge in [0.25, 0.3) is 0 Å². The van der Waals surface area contributed by atoms with Crippen LogP contribution >= 0.6 is 0 Å². The maximum atomic E-state index is 13.2. The third-order valence-electron chi connectivity index (χ3n) is 4.60. The molecule has 1 aromatic carbocycles. The van der Waals surface area contributed by atoms with Gasteiger partial charge in [-0.2, -0.15) is 4.68 Å². The fourth-order valence-corrected chi connectivity index (χ4v) is 3.17. The number of hydrogen-bond donors (Lipinski definition) is 1. The van der Waals surface area contributed by atoms with Gasteiger partial charge in [0.15, 0.2) is 5.76 Å². The largest absolute Gasteiger partial charge is 0.464 e. The molecule has 0 amide bonds. The Balaban J connectivity index is 1.93. The lowest BCUT2D eigenvalue weighted by Gasteiger charge is -2.27. The summed E-state index contributed by atoms with van der Waals surface area (Å²) in [6.45, 7) is 2.06. The van der Waals surface area contributed by atoms with Crippen molar-refractivity contribution in [1.82, 2.24) is 20.2 Å². The van der Waals surface area contributed by atoms with Crippen molar-refractivity contribution in [3.05, 3.63) is 70.8 Å². The normalized spacial score (nSPS) is 15.7. The van der Waals surface area contributed by atoms with Crippen LogP contribution in [-0.4, -0.2) is 39.1 Å². The van der Waals surface area contributed by atoms with Crippen molar-refractivity contribution < 1.29 is 18.7 Å². The van der Waals surface area contributed by atoms with Gasteiger partial charge in [-0.3, -0.25) is 4.79 Å². The molecule has 0 fully saturated rings. The molecule has 28 heavy (non-hydrogen) atoms. The highest BCUT2D eigenvalue weighted by Gasteiger charge is 2.39. The van der Waals surface area contributed by atoms with Gasteiger partial charge < -0.3 is 14.5 Å². The number of furan rings is 1. The molecule has 0 radical (unpaired) electrons. The van der Waals surface area contributed by atoms with Gasteiger partial charge in [-0.25, -0.2) is 4.79 Å². The topological polar surface area (TPSA) is 112 Å².